The van der Waals surface area contributed by atoms with Crippen molar-refractivity contribution < 1.29 is 0 Å². The maximum atomic E-state index is 6.06. The summed E-state index contributed by atoms with van der Waals surface area (Å²) in [7, 11) is 0. The molecule has 27 heavy (non-hydrogen) atoms. The second-order valence-corrected chi connectivity index (χ2v) is 8.24. The van der Waals surface area contributed by atoms with Gasteiger partial charge in [-0.05, 0) is 59.1 Å². The summed E-state index contributed by atoms with van der Waals surface area (Å²) in [5, 5.41) is 1.06. The third kappa shape index (κ3) is 3.23. The number of benzene rings is 2. The van der Waals surface area contributed by atoms with E-state index >= 15 is 0 Å². The molecule has 5 nitrogen and oxygen atoms in total. The lowest BCUT2D eigenvalue weighted by Gasteiger charge is -2.37. The average molecular weight is 424 g/mol. The van der Waals surface area contributed by atoms with Crippen LogP contribution in [0, 0.1) is 0 Å². The van der Waals surface area contributed by atoms with Gasteiger partial charge >= 0.3 is 0 Å². The highest BCUT2D eigenvalue weighted by Gasteiger charge is 2.29. The third-order valence-electron chi connectivity index (χ3n) is 5.43. The molecule has 0 atom stereocenters. The van der Waals surface area contributed by atoms with Crippen LogP contribution in [0.4, 0.5) is 17.2 Å². The zero-order valence-electron chi connectivity index (χ0n) is 15.1. The molecule has 0 unspecified atom stereocenters. The summed E-state index contributed by atoms with van der Waals surface area (Å²) in [6.45, 7) is 3.81. The molecule has 0 bridgehead atoms. The van der Waals surface area contributed by atoms with Crippen molar-refractivity contribution in [2.75, 3.05) is 41.7 Å². The van der Waals surface area contributed by atoms with E-state index in [0.29, 0.717) is 5.92 Å². The maximum Gasteiger partial charge on any atom is 0.140 e. The maximum absolute atomic E-state index is 6.06. The Labute approximate surface area is 167 Å². The van der Waals surface area contributed by atoms with Crippen LogP contribution in [0.5, 0.6) is 0 Å². The monoisotopic (exact) mass is 423 g/mol. The van der Waals surface area contributed by atoms with Crippen LogP contribution in [0.2, 0.25) is 0 Å². The average Bonchev–Trinajstić information content (AvgIpc) is 3.53. The van der Waals surface area contributed by atoms with E-state index < -0.39 is 0 Å². The first kappa shape index (κ1) is 16.8. The molecule has 2 aliphatic rings. The van der Waals surface area contributed by atoms with Gasteiger partial charge in [-0.3, -0.25) is 0 Å². The molecule has 0 spiro atoms. The van der Waals surface area contributed by atoms with Crippen molar-refractivity contribution in [1.82, 2.24) is 9.97 Å². The fraction of sp³-hybridized carbons (Fsp3) is 0.333. The molecule has 1 aliphatic heterocycles. The lowest BCUT2D eigenvalue weighted by molar-refractivity contribution is 0.646. The summed E-state index contributed by atoms with van der Waals surface area (Å²) in [6, 6.07) is 14.4. The molecule has 1 saturated carbocycles. The summed E-state index contributed by atoms with van der Waals surface area (Å²) < 4.78 is 1.15. The standard InChI is InChI=1S/C21H22BrN5/c22-17-3-1-2-4-19(17)26-9-11-27(12-10-26)21-16-13-15(23)7-8-18(16)24-20(25-21)14-5-6-14/h1-4,7-8,13-14H,5-6,9-12,23H2. The predicted molar refractivity (Wildman–Crippen MR) is 114 cm³/mol. The van der Waals surface area contributed by atoms with Crippen molar-refractivity contribution in [1.29, 1.82) is 0 Å². The number of hydrogen-bond acceptors (Lipinski definition) is 5. The van der Waals surface area contributed by atoms with Gasteiger partial charge in [0.05, 0.1) is 11.2 Å². The van der Waals surface area contributed by atoms with Crippen LogP contribution in [0.15, 0.2) is 46.9 Å². The molecule has 2 fully saturated rings. The highest BCUT2D eigenvalue weighted by Crippen LogP contribution is 2.40. The fourth-order valence-corrected chi connectivity index (χ4v) is 4.32. The quantitative estimate of drug-likeness (QED) is 0.640. The number of hydrogen-bond donors (Lipinski definition) is 1. The fourth-order valence-electron chi connectivity index (χ4n) is 3.78. The highest BCUT2D eigenvalue weighted by molar-refractivity contribution is 9.10. The SMILES string of the molecule is Nc1ccc2nc(C3CC3)nc(N3CCN(c4ccccc4Br)CC3)c2c1. The van der Waals surface area contributed by atoms with Gasteiger partial charge in [-0.25, -0.2) is 9.97 Å². The molecule has 0 amide bonds. The summed E-state index contributed by atoms with van der Waals surface area (Å²) >= 11 is 3.67. The second-order valence-electron chi connectivity index (χ2n) is 7.38. The highest BCUT2D eigenvalue weighted by atomic mass is 79.9. The van der Waals surface area contributed by atoms with Crippen LogP contribution in [-0.4, -0.2) is 36.1 Å². The minimum absolute atomic E-state index is 0.535. The Hall–Kier alpha value is -2.34. The largest absolute Gasteiger partial charge is 0.399 e. The number of para-hydroxylation sites is 1. The number of nitrogens with zero attached hydrogens (tertiary/aromatic N) is 4. The number of anilines is 3. The molecule has 5 rings (SSSR count). The lowest BCUT2D eigenvalue weighted by atomic mass is 10.1. The van der Waals surface area contributed by atoms with Gasteiger partial charge in [0.15, 0.2) is 0 Å². The van der Waals surface area contributed by atoms with E-state index in [1.165, 1.54) is 18.5 Å². The Morgan fingerprint density at radius 3 is 2.41 bits per heavy atom. The summed E-state index contributed by atoms with van der Waals surface area (Å²) in [6.07, 6.45) is 2.41. The van der Waals surface area contributed by atoms with E-state index in [2.05, 4.69) is 50.0 Å². The predicted octanol–water partition coefficient (Wildman–Crippen LogP) is 4.18. The van der Waals surface area contributed by atoms with E-state index in [1.54, 1.807) is 0 Å². The van der Waals surface area contributed by atoms with Gasteiger partial charge in [0.25, 0.3) is 0 Å². The van der Waals surface area contributed by atoms with Crippen LogP contribution in [-0.2, 0) is 0 Å². The van der Waals surface area contributed by atoms with Gasteiger partial charge in [0.1, 0.15) is 11.6 Å². The van der Waals surface area contributed by atoms with E-state index in [-0.39, 0.29) is 0 Å². The Balaban J connectivity index is 1.46. The number of rotatable bonds is 3. The second kappa shape index (κ2) is 6.68. The van der Waals surface area contributed by atoms with Gasteiger partial charge in [-0.2, -0.15) is 0 Å². The van der Waals surface area contributed by atoms with Crippen molar-refractivity contribution in [2.45, 2.75) is 18.8 Å². The first-order chi connectivity index (χ1) is 13.2. The number of nitrogens with two attached hydrogens (primary N) is 1. The van der Waals surface area contributed by atoms with Gasteiger partial charge in [-0.15, -0.1) is 0 Å². The van der Waals surface area contributed by atoms with Crippen molar-refractivity contribution >= 4 is 44.0 Å². The summed E-state index contributed by atoms with van der Waals surface area (Å²) in [5.74, 6) is 2.57. The number of fused-ring (bicyclic) bond motifs is 1. The van der Waals surface area contributed by atoms with Crippen molar-refractivity contribution in [3.8, 4) is 0 Å². The van der Waals surface area contributed by atoms with Gasteiger partial charge in [-0.1, -0.05) is 12.1 Å². The zero-order chi connectivity index (χ0) is 18.4. The first-order valence-electron chi connectivity index (χ1n) is 9.50. The lowest BCUT2D eigenvalue weighted by Crippen LogP contribution is -2.47. The summed E-state index contributed by atoms with van der Waals surface area (Å²) in [4.78, 5) is 14.6. The van der Waals surface area contributed by atoms with E-state index in [1.807, 2.05) is 18.2 Å². The number of halogens is 1. The molecule has 0 radical (unpaired) electrons. The topological polar surface area (TPSA) is 58.3 Å². The Bertz CT molecular complexity index is 993. The van der Waals surface area contributed by atoms with E-state index in [0.717, 1.165) is 58.9 Å². The van der Waals surface area contributed by atoms with Gasteiger partial charge in [0, 0.05) is 47.6 Å². The number of aromatic nitrogens is 2. The van der Waals surface area contributed by atoms with Crippen LogP contribution < -0.4 is 15.5 Å². The Morgan fingerprint density at radius 1 is 0.926 bits per heavy atom. The molecular weight excluding hydrogens is 402 g/mol. The van der Waals surface area contributed by atoms with Crippen molar-refractivity contribution in [3.63, 3.8) is 0 Å². The molecule has 6 heteroatoms. The van der Waals surface area contributed by atoms with Crippen molar-refractivity contribution in [2.24, 2.45) is 0 Å². The summed E-state index contributed by atoms with van der Waals surface area (Å²) in [5.41, 5.74) is 9.08. The molecule has 1 aliphatic carbocycles. The minimum atomic E-state index is 0.535. The minimum Gasteiger partial charge on any atom is -0.399 e. The van der Waals surface area contributed by atoms with Crippen LogP contribution in [0.1, 0.15) is 24.6 Å². The van der Waals surface area contributed by atoms with Crippen LogP contribution in [0.25, 0.3) is 10.9 Å². The zero-order valence-corrected chi connectivity index (χ0v) is 16.7. The molecule has 3 aromatic rings. The Kier molecular flexibility index (Phi) is 4.16. The number of nitrogen functional groups attached to an aromatic ring is 1. The van der Waals surface area contributed by atoms with Gasteiger partial charge < -0.3 is 15.5 Å². The molecular formula is C21H22BrN5. The molecule has 1 aromatic heterocycles. The smallest absolute Gasteiger partial charge is 0.140 e. The molecule has 2 aromatic carbocycles. The third-order valence-corrected chi connectivity index (χ3v) is 6.10. The molecule has 138 valence electrons. The van der Waals surface area contributed by atoms with E-state index in [4.69, 9.17) is 15.7 Å². The first-order valence-corrected chi connectivity index (χ1v) is 10.3. The number of piperazine rings is 1. The van der Waals surface area contributed by atoms with Crippen LogP contribution >= 0.6 is 15.9 Å². The van der Waals surface area contributed by atoms with Crippen molar-refractivity contribution in [3.05, 3.63) is 52.8 Å². The molecule has 1 saturated heterocycles. The molecule has 2 N–H and O–H groups in total. The molecule has 2 heterocycles. The van der Waals surface area contributed by atoms with E-state index in [9.17, 15) is 0 Å². The van der Waals surface area contributed by atoms with Gasteiger partial charge in [0.2, 0.25) is 0 Å². The normalized spacial score (nSPS) is 17.5. The van der Waals surface area contributed by atoms with Crippen LogP contribution in [0.3, 0.4) is 0 Å². The Morgan fingerprint density at radius 2 is 1.67 bits per heavy atom.